The highest BCUT2D eigenvalue weighted by Gasteiger charge is 2.08. The fraction of sp³-hybridized carbons (Fsp3) is 0.625. The minimum atomic E-state index is 0.488. The summed E-state index contributed by atoms with van der Waals surface area (Å²) in [6.07, 6.45) is 0. The third kappa shape index (κ3) is 1.95. The van der Waals surface area contributed by atoms with Gasteiger partial charge < -0.3 is 10.6 Å². The molecule has 0 spiro atoms. The molecule has 2 N–H and O–H groups in total. The second-order valence-electron chi connectivity index (χ2n) is 3.03. The van der Waals surface area contributed by atoms with Gasteiger partial charge in [-0.2, -0.15) is 0 Å². The maximum Gasteiger partial charge on any atom is 0.185 e. The molecule has 1 aromatic heterocycles. The first-order valence-corrected chi connectivity index (χ1v) is 4.90. The Hall–Kier alpha value is -0.610. The minimum absolute atomic E-state index is 0.488. The lowest BCUT2D eigenvalue weighted by atomic mass is 10.4. The summed E-state index contributed by atoms with van der Waals surface area (Å²) in [6.45, 7) is 4.81. The van der Waals surface area contributed by atoms with Crippen LogP contribution in [0.25, 0.3) is 0 Å². The molecule has 0 fully saturated rings. The molecule has 1 heterocycles. The van der Waals surface area contributed by atoms with Gasteiger partial charge in [0.25, 0.3) is 0 Å². The molecule has 0 saturated heterocycles. The van der Waals surface area contributed by atoms with Crippen molar-refractivity contribution in [2.45, 2.75) is 26.4 Å². The van der Waals surface area contributed by atoms with E-state index in [1.165, 1.54) is 0 Å². The molecule has 0 aliphatic heterocycles. The molecule has 1 aromatic rings. The van der Waals surface area contributed by atoms with Gasteiger partial charge in [0, 0.05) is 25.0 Å². The molecule has 0 aromatic carbocycles. The lowest BCUT2D eigenvalue weighted by Gasteiger charge is -2.19. The van der Waals surface area contributed by atoms with Gasteiger partial charge in [0.15, 0.2) is 5.13 Å². The molecular weight excluding hydrogens is 170 g/mol. The fourth-order valence-electron chi connectivity index (χ4n) is 0.773. The average molecular weight is 185 g/mol. The number of nitrogens with zero attached hydrogens (tertiary/aromatic N) is 2. The second kappa shape index (κ2) is 3.87. The first kappa shape index (κ1) is 9.48. The van der Waals surface area contributed by atoms with Gasteiger partial charge in [-0.1, -0.05) is 0 Å². The van der Waals surface area contributed by atoms with Crippen LogP contribution in [0.2, 0.25) is 0 Å². The van der Waals surface area contributed by atoms with Gasteiger partial charge in [-0.05, 0) is 13.8 Å². The Morgan fingerprint density at radius 1 is 1.67 bits per heavy atom. The molecule has 0 radical (unpaired) electrons. The van der Waals surface area contributed by atoms with E-state index >= 15 is 0 Å². The second-order valence-corrected chi connectivity index (χ2v) is 3.87. The predicted molar refractivity (Wildman–Crippen MR) is 53.5 cm³/mol. The molecule has 0 unspecified atom stereocenters. The third-order valence-electron chi connectivity index (χ3n) is 1.83. The number of hydrogen-bond acceptors (Lipinski definition) is 4. The summed E-state index contributed by atoms with van der Waals surface area (Å²) in [5, 5.41) is 3.05. The summed E-state index contributed by atoms with van der Waals surface area (Å²) in [6, 6.07) is 0.488. The van der Waals surface area contributed by atoms with Crippen LogP contribution in [0.1, 0.15) is 19.5 Å². The maximum atomic E-state index is 5.47. The Morgan fingerprint density at radius 3 is 2.75 bits per heavy atom. The van der Waals surface area contributed by atoms with E-state index in [4.69, 9.17) is 5.73 Å². The molecule has 0 bridgehead atoms. The van der Waals surface area contributed by atoms with Crippen LogP contribution in [0.15, 0.2) is 5.38 Å². The average Bonchev–Trinajstić information content (AvgIpc) is 2.50. The lowest BCUT2D eigenvalue weighted by Crippen LogP contribution is -2.25. The Labute approximate surface area is 77.2 Å². The van der Waals surface area contributed by atoms with Crippen LogP contribution in [0, 0.1) is 0 Å². The van der Waals surface area contributed by atoms with Gasteiger partial charge in [0.05, 0.1) is 5.69 Å². The van der Waals surface area contributed by atoms with Gasteiger partial charge in [0.2, 0.25) is 0 Å². The van der Waals surface area contributed by atoms with E-state index in [1.54, 1.807) is 11.3 Å². The molecule has 1 rings (SSSR count). The van der Waals surface area contributed by atoms with Crippen molar-refractivity contribution < 1.29 is 0 Å². The highest BCUT2D eigenvalue weighted by atomic mass is 32.1. The summed E-state index contributed by atoms with van der Waals surface area (Å²) in [5.41, 5.74) is 6.44. The maximum absolute atomic E-state index is 5.47. The first-order valence-electron chi connectivity index (χ1n) is 4.02. The minimum Gasteiger partial charge on any atom is -0.349 e. The summed E-state index contributed by atoms with van der Waals surface area (Å²) < 4.78 is 0. The van der Waals surface area contributed by atoms with Crippen LogP contribution >= 0.6 is 11.3 Å². The van der Waals surface area contributed by atoms with E-state index < -0.39 is 0 Å². The smallest absolute Gasteiger partial charge is 0.185 e. The number of thiazole rings is 1. The molecule has 4 heteroatoms. The molecule has 0 amide bonds. The van der Waals surface area contributed by atoms with Crippen LogP contribution in [-0.4, -0.2) is 18.1 Å². The fourth-order valence-corrected chi connectivity index (χ4v) is 1.71. The number of nitrogens with two attached hydrogens (primary N) is 1. The molecule has 0 aliphatic rings. The third-order valence-corrected chi connectivity index (χ3v) is 2.81. The highest BCUT2D eigenvalue weighted by molar-refractivity contribution is 7.13. The van der Waals surface area contributed by atoms with Crippen molar-refractivity contribution in [3.8, 4) is 0 Å². The normalized spacial score (nSPS) is 10.8. The van der Waals surface area contributed by atoms with Gasteiger partial charge in [-0.15, -0.1) is 11.3 Å². The summed E-state index contributed by atoms with van der Waals surface area (Å²) >= 11 is 1.65. The molecule has 0 saturated carbocycles. The van der Waals surface area contributed by atoms with Crippen molar-refractivity contribution in [3.63, 3.8) is 0 Å². The van der Waals surface area contributed by atoms with Crippen molar-refractivity contribution in [2.24, 2.45) is 5.73 Å². The standard InChI is InChI=1S/C8H15N3S/c1-6(2)11(3)8-10-7(4-9)5-12-8/h5-6H,4,9H2,1-3H3. The van der Waals surface area contributed by atoms with Crippen molar-refractivity contribution >= 4 is 16.5 Å². The number of anilines is 1. The van der Waals surface area contributed by atoms with E-state index in [-0.39, 0.29) is 0 Å². The van der Waals surface area contributed by atoms with E-state index in [1.807, 2.05) is 12.4 Å². The lowest BCUT2D eigenvalue weighted by molar-refractivity contribution is 0.749. The Balaban J connectivity index is 2.74. The Kier molecular flexibility index (Phi) is 3.05. The largest absolute Gasteiger partial charge is 0.349 e. The zero-order valence-electron chi connectivity index (χ0n) is 7.74. The van der Waals surface area contributed by atoms with Crippen molar-refractivity contribution in [3.05, 3.63) is 11.1 Å². The number of rotatable bonds is 3. The highest BCUT2D eigenvalue weighted by Crippen LogP contribution is 2.20. The molecule has 3 nitrogen and oxygen atoms in total. The SMILES string of the molecule is CC(C)N(C)c1nc(CN)cs1. The Bertz CT molecular complexity index is 244. The molecule has 68 valence electrons. The van der Waals surface area contributed by atoms with Gasteiger partial charge in [0.1, 0.15) is 0 Å². The van der Waals surface area contributed by atoms with Crippen molar-refractivity contribution in [1.29, 1.82) is 0 Å². The predicted octanol–water partition coefficient (Wildman–Crippen LogP) is 1.45. The summed E-state index contributed by atoms with van der Waals surface area (Å²) in [7, 11) is 2.05. The number of aromatic nitrogens is 1. The molecule has 12 heavy (non-hydrogen) atoms. The zero-order chi connectivity index (χ0) is 9.14. The van der Waals surface area contributed by atoms with E-state index in [0.29, 0.717) is 12.6 Å². The van der Waals surface area contributed by atoms with E-state index in [0.717, 1.165) is 10.8 Å². The number of hydrogen-bond donors (Lipinski definition) is 1. The van der Waals surface area contributed by atoms with Crippen LogP contribution in [0.3, 0.4) is 0 Å². The summed E-state index contributed by atoms with van der Waals surface area (Å²) in [4.78, 5) is 6.51. The molecule has 0 atom stereocenters. The molecular formula is C8H15N3S. The first-order chi connectivity index (χ1) is 5.65. The van der Waals surface area contributed by atoms with Gasteiger partial charge >= 0.3 is 0 Å². The van der Waals surface area contributed by atoms with E-state index in [2.05, 4.69) is 23.7 Å². The van der Waals surface area contributed by atoms with Crippen LogP contribution in [0.4, 0.5) is 5.13 Å². The quantitative estimate of drug-likeness (QED) is 0.775. The van der Waals surface area contributed by atoms with Crippen molar-refractivity contribution in [1.82, 2.24) is 4.98 Å². The van der Waals surface area contributed by atoms with Gasteiger partial charge in [-0.25, -0.2) is 4.98 Å². The van der Waals surface area contributed by atoms with Crippen LogP contribution in [-0.2, 0) is 6.54 Å². The molecule has 0 aliphatic carbocycles. The Morgan fingerprint density at radius 2 is 2.33 bits per heavy atom. The summed E-state index contributed by atoms with van der Waals surface area (Å²) in [5.74, 6) is 0. The zero-order valence-corrected chi connectivity index (χ0v) is 8.56. The van der Waals surface area contributed by atoms with Crippen molar-refractivity contribution in [2.75, 3.05) is 11.9 Å². The van der Waals surface area contributed by atoms with Crippen LogP contribution < -0.4 is 10.6 Å². The van der Waals surface area contributed by atoms with E-state index in [9.17, 15) is 0 Å². The van der Waals surface area contributed by atoms with Crippen LogP contribution in [0.5, 0.6) is 0 Å². The monoisotopic (exact) mass is 185 g/mol. The van der Waals surface area contributed by atoms with Gasteiger partial charge in [-0.3, -0.25) is 0 Å². The topological polar surface area (TPSA) is 42.2 Å².